The lowest BCUT2D eigenvalue weighted by Gasteiger charge is -2.20. The van der Waals surface area contributed by atoms with Gasteiger partial charge in [0.2, 0.25) is 5.91 Å². The van der Waals surface area contributed by atoms with Gasteiger partial charge in [0, 0.05) is 23.5 Å². The molecule has 0 bridgehead atoms. The van der Waals surface area contributed by atoms with Crippen LogP contribution in [0.1, 0.15) is 29.7 Å². The summed E-state index contributed by atoms with van der Waals surface area (Å²) >= 11 is 6.06. The van der Waals surface area contributed by atoms with Gasteiger partial charge in [-0.15, -0.1) is 0 Å². The van der Waals surface area contributed by atoms with Crippen LogP contribution in [0.15, 0.2) is 35.4 Å². The fourth-order valence-electron chi connectivity index (χ4n) is 3.65. The van der Waals surface area contributed by atoms with Crippen LogP contribution < -0.4 is 10.5 Å². The normalized spacial score (nSPS) is 13.4. The lowest BCUT2D eigenvalue weighted by atomic mass is 9.95. The van der Waals surface area contributed by atoms with Gasteiger partial charge in [-0.3, -0.25) is 14.2 Å². The van der Waals surface area contributed by atoms with Gasteiger partial charge in [-0.1, -0.05) is 17.7 Å². The number of carbonyl (C=O) groups excluding carboxylic acids is 1. The Morgan fingerprint density at radius 2 is 2.04 bits per heavy atom. The Kier molecular flexibility index (Phi) is 4.89. The van der Waals surface area contributed by atoms with E-state index in [0.717, 1.165) is 48.2 Å². The van der Waals surface area contributed by atoms with Crippen LogP contribution in [-0.2, 0) is 24.2 Å². The van der Waals surface area contributed by atoms with Gasteiger partial charge < -0.3 is 4.90 Å². The summed E-state index contributed by atoms with van der Waals surface area (Å²) < 4.78 is 1.35. The van der Waals surface area contributed by atoms with Gasteiger partial charge in [0.1, 0.15) is 12.9 Å². The van der Waals surface area contributed by atoms with Crippen molar-refractivity contribution in [3.8, 4) is 0 Å². The third-order valence-corrected chi connectivity index (χ3v) is 5.54. The maximum absolute atomic E-state index is 12.9. The highest BCUT2D eigenvalue weighted by atomic mass is 35.5. The van der Waals surface area contributed by atoms with Gasteiger partial charge >= 0.3 is 0 Å². The molecule has 2 heterocycles. The van der Waals surface area contributed by atoms with Crippen LogP contribution in [0.5, 0.6) is 0 Å². The number of nitrogens with zero attached hydrogens (tertiary/aromatic N) is 4. The lowest BCUT2D eigenvalue weighted by molar-refractivity contribution is -0.118. The number of fused-ring (bicyclic) bond motifs is 2. The summed E-state index contributed by atoms with van der Waals surface area (Å²) in [5.41, 5.74) is 4.02. The van der Waals surface area contributed by atoms with Gasteiger partial charge in [0.25, 0.3) is 5.56 Å². The molecule has 1 aromatic carbocycles. The van der Waals surface area contributed by atoms with Crippen molar-refractivity contribution in [2.45, 2.75) is 39.2 Å². The predicted octanol–water partition coefficient (Wildman–Crippen LogP) is 3.30. The van der Waals surface area contributed by atoms with E-state index in [2.05, 4.69) is 9.97 Å². The number of hydrogen-bond acceptors (Lipinski definition) is 4. The van der Waals surface area contributed by atoms with Crippen LogP contribution >= 0.6 is 11.6 Å². The molecule has 0 atom stereocenters. The molecule has 0 saturated carbocycles. The van der Waals surface area contributed by atoms with E-state index in [1.54, 1.807) is 19.2 Å². The molecule has 1 amide bonds. The summed E-state index contributed by atoms with van der Waals surface area (Å²) in [5, 5.41) is 1.03. The molecular formula is C21H21ClN4O2. The predicted molar refractivity (Wildman–Crippen MR) is 110 cm³/mol. The van der Waals surface area contributed by atoms with E-state index >= 15 is 0 Å². The summed E-state index contributed by atoms with van der Waals surface area (Å²) in [6.07, 6.45) is 5.49. The number of amides is 1. The van der Waals surface area contributed by atoms with E-state index < -0.39 is 0 Å². The van der Waals surface area contributed by atoms with Gasteiger partial charge in [-0.25, -0.2) is 9.97 Å². The van der Waals surface area contributed by atoms with Gasteiger partial charge in [0.05, 0.1) is 5.39 Å². The molecule has 1 aliphatic rings. The van der Waals surface area contributed by atoms with Crippen LogP contribution in [0.2, 0.25) is 5.02 Å². The van der Waals surface area contributed by atoms with Gasteiger partial charge in [0.15, 0.2) is 5.65 Å². The van der Waals surface area contributed by atoms with Crippen molar-refractivity contribution in [3.63, 3.8) is 0 Å². The van der Waals surface area contributed by atoms with E-state index in [0.29, 0.717) is 16.1 Å². The van der Waals surface area contributed by atoms with Gasteiger partial charge in [-0.05, 0) is 61.9 Å². The molecule has 0 aliphatic heterocycles. The molecule has 28 heavy (non-hydrogen) atoms. The largest absolute Gasteiger partial charge is 0.314 e. The molecule has 0 N–H and O–H groups in total. The highest BCUT2D eigenvalue weighted by Gasteiger charge is 2.18. The number of likely N-dealkylation sites (N-methyl/N-ethyl adjacent to an activating group) is 1. The Bertz CT molecular complexity index is 1140. The average Bonchev–Trinajstić information content (AvgIpc) is 2.70. The smallest absolute Gasteiger partial charge is 0.263 e. The fraction of sp³-hybridized carbons (Fsp3) is 0.333. The van der Waals surface area contributed by atoms with E-state index in [-0.39, 0.29) is 18.0 Å². The highest BCUT2D eigenvalue weighted by Crippen LogP contribution is 2.24. The van der Waals surface area contributed by atoms with Crippen molar-refractivity contribution >= 4 is 34.2 Å². The summed E-state index contributed by atoms with van der Waals surface area (Å²) in [4.78, 5) is 36.1. The second-order valence-electron chi connectivity index (χ2n) is 7.23. The number of pyridine rings is 1. The minimum atomic E-state index is -0.240. The summed E-state index contributed by atoms with van der Waals surface area (Å²) in [5.74, 6) is -0.223. The number of aromatic nitrogens is 3. The molecule has 1 aliphatic carbocycles. The third kappa shape index (κ3) is 3.40. The first-order valence-corrected chi connectivity index (χ1v) is 9.72. The molecule has 0 fully saturated rings. The second kappa shape index (κ2) is 7.36. The molecular weight excluding hydrogens is 376 g/mol. The molecule has 7 heteroatoms. The summed E-state index contributed by atoms with van der Waals surface area (Å²) in [6, 6.07) is 7.29. The monoisotopic (exact) mass is 396 g/mol. The second-order valence-corrected chi connectivity index (χ2v) is 7.67. The Balaban J connectivity index is 1.65. The maximum atomic E-state index is 12.9. The molecule has 2 aromatic heterocycles. The number of anilines is 1. The molecule has 144 valence electrons. The topological polar surface area (TPSA) is 68.1 Å². The van der Waals surface area contributed by atoms with Crippen LogP contribution in [-0.4, -0.2) is 27.5 Å². The highest BCUT2D eigenvalue weighted by molar-refractivity contribution is 6.31. The number of hydrogen-bond donors (Lipinski definition) is 0. The van der Waals surface area contributed by atoms with Gasteiger partial charge in [-0.2, -0.15) is 0 Å². The van der Waals surface area contributed by atoms with Crippen molar-refractivity contribution in [1.29, 1.82) is 0 Å². The number of halogens is 1. The summed E-state index contributed by atoms with van der Waals surface area (Å²) in [7, 11) is 1.68. The van der Waals surface area contributed by atoms with Crippen molar-refractivity contribution in [2.75, 3.05) is 11.9 Å². The van der Waals surface area contributed by atoms with Crippen molar-refractivity contribution in [2.24, 2.45) is 0 Å². The molecule has 0 saturated heterocycles. The molecule has 3 aromatic rings. The quantitative estimate of drug-likeness (QED) is 0.681. The SMILES string of the molecule is Cc1ccc(Cl)cc1N(C)C(=O)Cn1cnc2nc3c(cc2c1=O)CCCC3. The Morgan fingerprint density at radius 1 is 1.25 bits per heavy atom. The molecule has 4 rings (SSSR count). The molecule has 0 unspecified atom stereocenters. The minimum absolute atomic E-state index is 0.0959. The van der Waals surface area contributed by atoms with E-state index in [1.807, 2.05) is 19.1 Å². The van der Waals surface area contributed by atoms with E-state index in [9.17, 15) is 9.59 Å². The Hall–Kier alpha value is -2.73. The standard InChI is InChI=1S/C21H21ClN4O2/c1-13-7-8-15(22)10-18(13)25(2)19(27)11-26-12-23-20-16(21(26)28)9-14-5-3-4-6-17(14)24-20/h7-10,12H,3-6,11H2,1-2H3. The number of aryl methyl sites for hydroxylation is 3. The number of rotatable bonds is 3. The van der Waals surface area contributed by atoms with Crippen molar-refractivity contribution in [1.82, 2.24) is 14.5 Å². The fourth-order valence-corrected chi connectivity index (χ4v) is 3.82. The minimum Gasteiger partial charge on any atom is -0.314 e. The maximum Gasteiger partial charge on any atom is 0.263 e. The van der Waals surface area contributed by atoms with Crippen molar-refractivity contribution < 1.29 is 4.79 Å². The summed E-state index contributed by atoms with van der Waals surface area (Å²) in [6.45, 7) is 1.81. The first-order valence-electron chi connectivity index (χ1n) is 9.34. The molecule has 6 nitrogen and oxygen atoms in total. The molecule has 0 radical (unpaired) electrons. The first-order chi connectivity index (χ1) is 13.4. The van der Waals surface area contributed by atoms with Crippen LogP contribution in [0.25, 0.3) is 11.0 Å². The molecule has 0 spiro atoms. The number of carbonyl (C=O) groups is 1. The first kappa shape index (κ1) is 18.6. The van der Waals surface area contributed by atoms with E-state index in [1.165, 1.54) is 15.8 Å². The lowest BCUT2D eigenvalue weighted by Crippen LogP contribution is -2.34. The van der Waals surface area contributed by atoms with Crippen LogP contribution in [0, 0.1) is 6.92 Å². The Morgan fingerprint density at radius 3 is 2.86 bits per heavy atom. The number of benzene rings is 1. The zero-order valence-electron chi connectivity index (χ0n) is 15.9. The van der Waals surface area contributed by atoms with Crippen LogP contribution in [0.3, 0.4) is 0 Å². The van der Waals surface area contributed by atoms with Crippen LogP contribution in [0.4, 0.5) is 5.69 Å². The average molecular weight is 397 g/mol. The third-order valence-electron chi connectivity index (χ3n) is 5.30. The van der Waals surface area contributed by atoms with Crippen molar-refractivity contribution in [3.05, 3.63) is 62.8 Å². The zero-order chi connectivity index (χ0) is 19.8. The Labute approximate surface area is 167 Å². The zero-order valence-corrected chi connectivity index (χ0v) is 16.7. The van der Waals surface area contributed by atoms with E-state index in [4.69, 9.17) is 11.6 Å².